The molecule has 0 aliphatic carbocycles. The first-order chi connectivity index (χ1) is 9.92. The lowest BCUT2D eigenvalue weighted by molar-refractivity contribution is 0.630. The van der Waals surface area contributed by atoms with Crippen LogP contribution in [-0.4, -0.2) is 22.1 Å². The Morgan fingerprint density at radius 1 is 1.05 bits per heavy atom. The van der Waals surface area contributed by atoms with Crippen molar-refractivity contribution in [2.24, 2.45) is 0 Å². The van der Waals surface area contributed by atoms with Gasteiger partial charge >= 0.3 is 0 Å². The standard InChI is InChI=1S/C16H23N5/c1-16(2,3)21-14-11-13(19-15(17)20-14)18-10-9-12-7-5-4-6-8-12/h4-8,11H,9-10H2,1-3H3,(H4,17,18,19,20,21). The Hall–Kier alpha value is -2.30. The van der Waals surface area contributed by atoms with Crippen molar-refractivity contribution in [2.45, 2.75) is 32.7 Å². The van der Waals surface area contributed by atoms with Crippen LogP contribution in [0.5, 0.6) is 0 Å². The summed E-state index contributed by atoms with van der Waals surface area (Å²) in [6.07, 6.45) is 0.937. The third-order valence-electron chi connectivity index (χ3n) is 2.81. The first kappa shape index (κ1) is 15.1. The third-order valence-corrected chi connectivity index (χ3v) is 2.81. The predicted octanol–water partition coefficient (Wildman–Crippen LogP) is 2.92. The largest absolute Gasteiger partial charge is 0.370 e. The van der Waals surface area contributed by atoms with Gasteiger partial charge in [0, 0.05) is 18.2 Å². The van der Waals surface area contributed by atoms with Crippen LogP contribution in [0.25, 0.3) is 0 Å². The van der Waals surface area contributed by atoms with E-state index in [1.165, 1.54) is 5.56 Å². The van der Waals surface area contributed by atoms with Gasteiger partial charge in [-0.3, -0.25) is 0 Å². The molecule has 0 saturated heterocycles. The number of benzene rings is 1. The second-order valence-electron chi connectivity index (χ2n) is 6.03. The van der Waals surface area contributed by atoms with E-state index in [0.29, 0.717) is 0 Å². The Morgan fingerprint density at radius 3 is 2.38 bits per heavy atom. The molecule has 2 aromatic rings. The monoisotopic (exact) mass is 285 g/mol. The molecule has 112 valence electrons. The molecule has 0 unspecified atom stereocenters. The van der Waals surface area contributed by atoms with Crippen LogP contribution in [0.4, 0.5) is 17.6 Å². The molecule has 21 heavy (non-hydrogen) atoms. The van der Waals surface area contributed by atoms with Gasteiger partial charge in [-0.2, -0.15) is 9.97 Å². The lowest BCUT2D eigenvalue weighted by atomic mass is 10.1. The first-order valence-electron chi connectivity index (χ1n) is 7.13. The number of rotatable bonds is 5. The summed E-state index contributed by atoms with van der Waals surface area (Å²) >= 11 is 0. The molecule has 0 radical (unpaired) electrons. The predicted molar refractivity (Wildman–Crippen MR) is 88.5 cm³/mol. The van der Waals surface area contributed by atoms with Crippen molar-refractivity contribution >= 4 is 17.6 Å². The highest BCUT2D eigenvalue weighted by molar-refractivity contribution is 5.52. The lowest BCUT2D eigenvalue weighted by Gasteiger charge is -2.21. The Labute approximate surface area is 126 Å². The van der Waals surface area contributed by atoms with E-state index in [1.807, 2.05) is 24.3 Å². The summed E-state index contributed by atoms with van der Waals surface area (Å²) in [5.41, 5.74) is 6.98. The van der Waals surface area contributed by atoms with Crippen LogP contribution in [0.3, 0.4) is 0 Å². The Balaban J connectivity index is 1.97. The fraction of sp³-hybridized carbons (Fsp3) is 0.375. The number of nitrogens with one attached hydrogen (secondary N) is 2. The van der Waals surface area contributed by atoms with Crippen LogP contribution in [0.15, 0.2) is 36.4 Å². The minimum atomic E-state index is -0.0674. The number of nitrogens with zero attached hydrogens (tertiary/aromatic N) is 2. The molecular formula is C16H23N5. The average molecular weight is 285 g/mol. The van der Waals surface area contributed by atoms with Crippen molar-refractivity contribution in [3.8, 4) is 0 Å². The van der Waals surface area contributed by atoms with Gasteiger partial charge in [-0.25, -0.2) is 0 Å². The summed E-state index contributed by atoms with van der Waals surface area (Å²) in [5, 5.41) is 6.59. The molecule has 0 bridgehead atoms. The maximum absolute atomic E-state index is 5.76. The van der Waals surface area contributed by atoms with Crippen molar-refractivity contribution in [3.63, 3.8) is 0 Å². The molecule has 0 aliphatic heterocycles. The second kappa shape index (κ2) is 6.43. The SMILES string of the molecule is CC(C)(C)Nc1cc(NCCc2ccccc2)nc(N)n1. The van der Waals surface area contributed by atoms with Crippen LogP contribution < -0.4 is 16.4 Å². The maximum atomic E-state index is 5.76. The lowest BCUT2D eigenvalue weighted by Crippen LogP contribution is -2.27. The summed E-state index contributed by atoms with van der Waals surface area (Å²) in [6, 6.07) is 12.2. The third kappa shape index (κ3) is 5.30. The highest BCUT2D eigenvalue weighted by Gasteiger charge is 2.11. The minimum Gasteiger partial charge on any atom is -0.370 e. The number of aromatic nitrogens is 2. The summed E-state index contributed by atoms with van der Waals surface area (Å²) in [4.78, 5) is 8.41. The molecule has 0 amide bonds. The van der Waals surface area contributed by atoms with Crippen molar-refractivity contribution < 1.29 is 0 Å². The summed E-state index contributed by atoms with van der Waals surface area (Å²) in [5.74, 6) is 1.74. The van der Waals surface area contributed by atoms with Gasteiger partial charge in [0.2, 0.25) is 5.95 Å². The zero-order valence-corrected chi connectivity index (χ0v) is 12.9. The molecule has 1 aromatic carbocycles. The zero-order chi connectivity index (χ0) is 15.3. The van der Waals surface area contributed by atoms with Crippen molar-refractivity contribution in [1.29, 1.82) is 0 Å². The molecule has 0 spiro atoms. The summed E-state index contributed by atoms with van der Waals surface area (Å²) < 4.78 is 0. The zero-order valence-electron chi connectivity index (χ0n) is 12.9. The molecular weight excluding hydrogens is 262 g/mol. The molecule has 1 heterocycles. The Bertz CT molecular complexity index is 575. The van der Waals surface area contributed by atoms with Crippen LogP contribution >= 0.6 is 0 Å². The van der Waals surface area contributed by atoms with Gasteiger partial charge in [0.05, 0.1) is 0 Å². The van der Waals surface area contributed by atoms with Crippen LogP contribution in [0.1, 0.15) is 26.3 Å². The molecule has 0 aliphatic rings. The van der Waals surface area contributed by atoms with Gasteiger partial charge in [-0.15, -0.1) is 0 Å². The second-order valence-corrected chi connectivity index (χ2v) is 6.03. The van der Waals surface area contributed by atoms with Crippen molar-refractivity contribution in [1.82, 2.24) is 9.97 Å². The van der Waals surface area contributed by atoms with Crippen molar-refractivity contribution in [2.75, 3.05) is 22.9 Å². The first-order valence-corrected chi connectivity index (χ1v) is 7.13. The molecule has 5 nitrogen and oxygen atoms in total. The van der Waals surface area contributed by atoms with Gasteiger partial charge in [0.15, 0.2) is 0 Å². The number of nitrogens with two attached hydrogens (primary N) is 1. The van der Waals surface area contributed by atoms with E-state index < -0.39 is 0 Å². The number of hydrogen-bond donors (Lipinski definition) is 3. The summed E-state index contributed by atoms with van der Waals surface area (Å²) in [7, 11) is 0. The molecule has 5 heteroatoms. The molecule has 1 aromatic heterocycles. The highest BCUT2D eigenvalue weighted by atomic mass is 15.1. The summed E-state index contributed by atoms with van der Waals surface area (Å²) in [6.45, 7) is 7.03. The highest BCUT2D eigenvalue weighted by Crippen LogP contribution is 2.16. The number of nitrogen functional groups attached to an aromatic ring is 1. The van der Waals surface area contributed by atoms with E-state index in [-0.39, 0.29) is 11.5 Å². The molecule has 4 N–H and O–H groups in total. The maximum Gasteiger partial charge on any atom is 0.223 e. The normalized spacial score (nSPS) is 11.2. The van der Waals surface area contributed by atoms with Gasteiger partial charge < -0.3 is 16.4 Å². The van der Waals surface area contributed by atoms with E-state index in [0.717, 1.165) is 24.6 Å². The number of hydrogen-bond acceptors (Lipinski definition) is 5. The number of anilines is 3. The van der Waals surface area contributed by atoms with E-state index in [1.54, 1.807) is 0 Å². The van der Waals surface area contributed by atoms with E-state index in [2.05, 4.69) is 53.5 Å². The molecule has 2 rings (SSSR count). The topological polar surface area (TPSA) is 75.9 Å². The molecule has 0 fully saturated rings. The van der Waals surface area contributed by atoms with Crippen molar-refractivity contribution in [3.05, 3.63) is 42.0 Å². The van der Waals surface area contributed by atoms with E-state index >= 15 is 0 Å². The quantitative estimate of drug-likeness (QED) is 0.787. The Morgan fingerprint density at radius 2 is 1.71 bits per heavy atom. The van der Waals surface area contributed by atoms with Gasteiger partial charge in [-0.1, -0.05) is 30.3 Å². The Kier molecular flexibility index (Phi) is 4.62. The van der Waals surface area contributed by atoms with Crippen LogP contribution in [0, 0.1) is 0 Å². The molecule has 0 atom stereocenters. The van der Waals surface area contributed by atoms with E-state index in [4.69, 9.17) is 5.73 Å². The van der Waals surface area contributed by atoms with Gasteiger partial charge in [0.1, 0.15) is 11.6 Å². The minimum absolute atomic E-state index is 0.0674. The van der Waals surface area contributed by atoms with Gasteiger partial charge in [-0.05, 0) is 32.8 Å². The van der Waals surface area contributed by atoms with Gasteiger partial charge in [0.25, 0.3) is 0 Å². The molecule has 0 saturated carbocycles. The fourth-order valence-electron chi connectivity index (χ4n) is 1.98. The van der Waals surface area contributed by atoms with Crippen LogP contribution in [-0.2, 0) is 6.42 Å². The fourth-order valence-corrected chi connectivity index (χ4v) is 1.98. The average Bonchev–Trinajstić information content (AvgIpc) is 2.37. The van der Waals surface area contributed by atoms with E-state index in [9.17, 15) is 0 Å². The smallest absolute Gasteiger partial charge is 0.223 e. The van der Waals surface area contributed by atoms with Crippen LogP contribution in [0.2, 0.25) is 0 Å².